The predicted octanol–water partition coefficient (Wildman–Crippen LogP) is 1.74. The molecule has 1 aromatic rings. The monoisotopic (exact) mass is 286 g/mol. The van der Waals surface area contributed by atoms with Gasteiger partial charge >= 0.3 is 0 Å². The second kappa shape index (κ2) is 6.31. The summed E-state index contributed by atoms with van der Waals surface area (Å²) in [5, 5.41) is 11.7. The molecule has 1 saturated heterocycles. The van der Waals surface area contributed by atoms with Crippen molar-refractivity contribution in [2.45, 2.75) is 25.7 Å². The van der Waals surface area contributed by atoms with Crippen molar-refractivity contribution in [2.75, 3.05) is 26.2 Å². The molecule has 21 heavy (non-hydrogen) atoms. The lowest BCUT2D eigenvalue weighted by atomic mass is 9.96. The zero-order valence-corrected chi connectivity index (χ0v) is 12.3. The number of carbonyl (C=O) groups excluding carboxylic acids is 1. The smallest absolute Gasteiger partial charge is 0.267 e. The predicted molar refractivity (Wildman–Crippen MR) is 79.7 cm³/mol. The lowest BCUT2D eigenvalue weighted by Gasteiger charge is -2.32. The quantitative estimate of drug-likeness (QED) is 0.866. The van der Waals surface area contributed by atoms with Crippen molar-refractivity contribution in [3.05, 3.63) is 23.5 Å². The zero-order valence-electron chi connectivity index (χ0n) is 12.3. The minimum absolute atomic E-state index is 0.114. The van der Waals surface area contributed by atoms with Crippen molar-refractivity contribution in [3.63, 3.8) is 0 Å². The average molecular weight is 286 g/mol. The Hall–Kier alpha value is -1.80. The van der Waals surface area contributed by atoms with Crippen LogP contribution in [0.3, 0.4) is 0 Å². The summed E-state index contributed by atoms with van der Waals surface area (Å²) < 4.78 is 0. The molecule has 3 rings (SSSR count). The summed E-state index contributed by atoms with van der Waals surface area (Å²) in [7, 11) is 0. The fourth-order valence-electron chi connectivity index (χ4n) is 2.96. The van der Waals surface area contributed by atoms with E-state index in [0.717, 1.165) is 25.6 Å². The van der Waals surface area contributed by atoms with Crippen molar-refractivity contribution in [3.8, 4) is 6.07 Å². The van der Waals surface area contributed by atoms with Crippen LogP contribution in [0.2, 0.25) is 0 Å². The van der Waals surface area contributed by atoms with Crippen molar-refractivity contribution < 1.29 is 4.79 Å². The third-order valence-corrected chi connectivity index (χ3v) is 4.53. The van der Waals surface area contributed by atoms with Crippen LogP contribution in [0.1, 0.15) is 41.7 Å². The molecule has 2 heterocycles. The van der Waals surface area contributed by atoms with E-state index in [0.29, 0.717) is 17.2 Å². The van der Waals surface area contributed by atoms with Gasteiger partial charge in [0.2, 0.25) is 0 Å². The summed E-state index contributed by atoms with van der Waals surface area (Å²) in [5.74, 6) is 1.43. The molecular weight excluding hydrogens is 264 g/mol. The Labute approximate surface area is 125 Å². The number of rotatable bonds is 5. The molecule has 0 spiro atoms. The molecule has 0 unspecified atom stereocenters. The molecule has 1 saturated carbocycles. The highest BCUT2D eigenvalue weighted by Gasteiger charge is 2.27. The fraction of sp³-hybridized carbons (Fsp3) is 0.625. The molecular formula is C16H22N4O. The molecule has 2 aliphatic rings. The van der Waals surface area contributed by atoms with Gasteiger partial charge in [-0.2, -0.15) is 5.26 Å². The Bertz CT molecular complexity index is 533. The van der Waals surface area contributed by atoms with Crippen LogP contribution in [0.5, 0.6) is 0 Å². The number of hydrogen-bond acceptors (Lipinski definition) is 3. The summed E-state index contributed by atoms with van der Waals surface area (Å²) >= 11 is 0. The van der Waals surface area contributed by atoms with E-state index >= 15 is 0 Å². The fourth-order valence-corrected chi connectivity index (χ4v) is 2.96. The van der Waals surface area contributed by atoms with E-state index in [4.69, 9.17) is 5.26 Å². The van der Waals surface area contributed by atoms with Gasteiger partial charge in [0.25, 0.3) is 5.91 Å². The third kappa shape index (κ3) is 3.85. The summed E-state index contributed by atoms with van der Waals surface area (Å²) in [6.07, 6.45) is 6.72. The Morgan fingerprint density at radius 3 is 2.71 bits per heavy atom. The van der Waals surface area contributed by atoms with E-state index < -0.39 is 0 Å². The largest absolute Gasteiger partial charge is 0.356 e. The molecule has 2 fully saturated rings. The molecule has 1 aliphatic carbocycles. The zero-order chi connectivity index (χ0) is 14.7. The van der Waals surface area contributed by atoms with Gasteiger partial charge in [0.05, 0.1) is 5.56 Å². The number of hydrogen-bond donors (Lipinski definition) is 2. The molecule has 1 aliphatic heterocycles. The van der Waals surface area contributed by atoms with Gasteiger partial charge in [-0.3, -0.25) is 4.79 Å². The van der Waals surface area contributed by atoms with Crippen LogP contribution in [0, 0.1) is 23.2 Å². The van der Waals surface area contributed by atoms with E-state index in [-0.39, 0.29) is 5.91 Å². The maximum atomic E-state index is 12.0. The van der Waals surface area contributed by atoms with Gasteiger partial charge in [-0.25, -0.2) is 0 Å². The Morgan fingerprint density at radius 1 is 1.33 bits per heavy atom. The number of aromatic amines is 1. The molecule has 0 aromatic carbocycles. The number of nitriles is 1. The summed E-state index contributed by atoms with van der Waals surface area (Å²) in [6.45, 7) is 4.34. The van der Waals surface area contributed by atoms with Gasteiger partial charge in [0.1, 0.15) is 11.8 Å². The Balaban J connectivity index is 1.39. The number of nitrogens with zero attached hydrogens (tertiary/aromatic N) is 2. The minimum atomic E-state index is -0.114. The lowest BCUT2D eigenvalue weighted by Crippen LogP contribution is -2.39. The van der Waals surface area contributed by atoms with E-state index in [9.17, 15) is 4.79 Å². The number of carbonyl (C=O) groups is 1. The first-order valence-corrected chi connectivity index (χ1v) is 7.83. The topological polar surface area (TPSA) is 71.9 Å². The molecule has 5 nitrogen and oxygen atoms in total. The van der Waals surface area contributed by atoms with Gasteiger partial charge in [-0.15, -0.1) is 0 Å². The van der Waals surface area contributed by atoms with Crippen LogP contribution >= 0.6 is 0 Å². The lowest BCUT2D eigenvalue weighted by molar-refractivity contribution is 0.0931. The van der Waals surface area contributed by atoms with Crippen LogP contribution in [-0.4, -0.2) is 42.0 Å². The van der Waals surface area contributed by atoms with Gasteiger partial charge in [-0.05, 0) is 56.7 Å². The number of piperidine rings is 1. The van der Waals surface area contributed by atoms with E-state index in [2.05, 4.69) is 15.2 Å². The number of amides is 1. The normalized spacial score (nSPS) is 20.1. The molecule has 2 N–H and O–H groups in total. The number of aromatic nitrogens is 1. The Kier molecular flexibility index (Phi) is 4.26. The molecule has 0 bridgehead atoms. The van der Waals surface area contributed by atoms with Crippen molar-refractivity contribution >= 4 is 5.91 Å². The summed E-state index contributed by atoms with van der Waals surface area (Å²) in [6, 6.07) is 3.61. The number of likely N-dealkylation sites (tertiary alicyclic amines) is 1. The highest BCUT2D eigenvalue weighted by Crippen LogP contribution is 2.31. The van der Waals surface area contributed by atoms with Crippen LogP contribution < -0.4 is 5.32 Å². The van der Waals surface area contributed by atoms with Crippen molar-refractivity contribution in [2.24, 2.45) is 11.8 Å². The van der Waals surface area contributed by atoms with Crippen LogP contribution in [0.15, 0.2) is 12.3 Å². The van der Waals surface area contributed by atoms with E-state index in [1.165, 1.54) is 32.2 Å². The van der Waals surface area contributed by atoms with Crippen LogP contribution in [-0.2, 0) is 0 Å². The standard InChI is InChI=1S/C16H22N4O/c17-8-14-7-15(18-10-14)16(21)19-9-12-3-5-20(6-4-12)11-13-1-2-13/h7,10,12-13,18H,1-6,9,11H2,(H,19,21). The first kappa shape index (κ1) is 14.2. The molecule has 1 amide bonds. The Morgan fingerprint density at radius 2 is 2.10 bits per heavy atom. The van der Waals surface area contributed by atoms with E-state index in [1.54, 1.807) is 12.3 Å². The van der Waals surface area contributed by atoms with Crippen molar-refractivity contribution in [1.82, 2.24) is 15.2 Å². The summed E-state index contributed by atoms with van der Waals surface area (Å²) in [4.78, 5) is 17.4. The van der Waals surface area contributed by atoms with Gasteiger partial charge in [0.15, 0.2) is 0 Å². The SMILES string of the molecule is N#Cc1c[nH]c(C(=O)NCC2CCN(CC3CC3)CC2)c1. The highest BCUT2D eigenvalue weighted by molar-refractivity contribution is 5.92. The highest BCUT2D eigenvalue weighted by atomic mass is 16.1. The first-order valence-electron chi connectivity index (χ1n) is 7.83. The van der Waals surface area contributed by atoms with Crippen LogP contribution in [0.25, 0.3) is 0 Å². The number of nitrogens with one attached hydrogen (secondary N) is 2. The van der Waals surface area contributed by atoms with E-state index in [1.807, 2.05) is 6.07 Å². The average Bonchev–Trinajstić information content (AvgIpc) is 3.19. The van der Waals surface area contributed by atoms with Crippen molar-refractivity contribution in [1.29, 1.82) is 5.26 Å². The molecule has 1 aromatic heterocycles. The number of H-pyrrole nitrogens is 1. The van der Waals surface area contributed by atoms with Crippen LogP contribution in [0.4, 0.5) is 0 Å². The van der Waals surface area contributed by atoms with Gasteiger partial charge < -0.3 is 15.2 Å². The first-order chi connectivity index (χ1) is 10.2. The maximum Gasteiger partial charge on any atom is 0.267 e. The molecule has 0 radical (unpaired) electrons. The molecule has 0 atom stereocenters. The summed E-state index contributed by atoms with van der Waals surface area (Å²) in [5.41, 5.74) is 0.964. The second-order valence-corrected chi connectivity index (χ2v) is 6.31. The molecule has 112 valence electrons. The molecule has 5 heteroatoms. The van der Waals surface area contributed by atoms with Gasteiger partial charge in [-0.1, -0.05) is 0 Å². The van der Waals surface area contributed by atoms with Gasteiger partial charge in [0, 0.05) is 19.3 Å². The second-order valence-electron chi connectivity index (χ2n) is 6.31. The third-order valence-electron chi connectivity index (χ3n) is 4.53. The maximum absolute atomic E-state index is 12.0. The minimum Gasteiger partial charge on any atom is -0.356 e.